The highest BCUT2D eigenvalue weighted by Crippen LogP contribution is 2.27. The number of anilines is 4. The Morgan fingerprint density at radius 2 is 1.92 bits per heavy atom. The van der Waals surface area contributed by atoms with Crippen LogP contribution in [0.5, 0.6) is 0 Å². The van der Waals surface area contributed by atoms with E-state index in [1.54, 1.807) is 31.3 Å². The van der Waals surface area contributed by atoms with Crippen LogP contribution in [-0.4, -0.2) is 74.3 Å². The number of hydrogen-bond acceptors (Lipinski definition) is 10. The van der Waals surface area contributed by atoms with E-state index in [0.717, 1.165) is 16.9 Å². The molecule has 1 aliphatic rings. The van der Waals surface area contributed by atoms with Crippen molar-refractivity contribution in [3.63, 3.8) is 0 Å². The van der Waals surface area contributed by atoms with E-state index in [4.69, 9.17) is 18.5 Å². The van der Waals surface area contributed by atoms with Gasteiger partial charge in [-0.05, 0) is 25.1 Å². The third kappa shape index (κ3) is 5.38. The van der Waals surface area contributed by atoms with Crippen LogP contribution in [0.25, 0.3) is 11.3 Å². The van der Waals surface area contributed by atoms with E-state index in [1.165, 1.54) is 6.20 Å². The maximum absolute atomic E-state index is 13.1. The van der Waals surface area contributed by atoms with E-state index in [9.17, 15) is 9.59 Å². The predicted molar refractivity (Wildman–Crippen MR) is 137 cm³/mol. The molecule has 12 heteroatoms. The number of likely N-dealkylation sites (N-methyl/N-ethyl adjacent to an activating group) is 1. The molecule has 2 aromatic heterocycles. The number of amides is 1. The standard InChI is InChI=1S/C24H26BN7O4/c1-15(24(34)36-25)31(2)17-5-3-16(4-6-17)18-14-28-22(26)21(29-18)23(33)30-19-13-27-8-7-20(19)32-9-11-35-12-10-32/h3-8,13-15H,9-12H2,1-2H3,(H2,26,28)(H,30,33)/t15-/m0/s1. The quantitative estimate of drug-likeness (QED) is 0.474. The number of hydrogen-bond donors (Lipinski definition) is 2. The fourth-order valence-corrected chi connectivity index (χ4v) is 3.80. The van der Waals surface area contributed by atoms with Crippen LogP contribution in [-0.2, 0) is 14.2 Å². The number of aromatic nitrogens is 3. The molecule has 1 atom stereocenters. The molecule has 0 bridgehead atoms. The predicted octanol–water partition coefficient (Wildman–Crippen LogP) is 1.66. The number of carbonyl (C=O) groups excluding carboxylic acids is 2. The van der Waals surface area contributed by atoms with Gasteiger partial charge >= 0.3 is 14.0 Å². The van der Waals surface area contributed by atoms with Gasteiger partial charge < -0.3 is 30.2 Å². The number of nitrogens with zero attached hydrogens (tertiary/aromatic N) is 5. The molecular weight excluding hydrogens is 461 g/mol. The van der Waals surface area contributed by atoms with E-state index in [1.807, 2.05) is 30.3 Å². The Hall–Kier alpha value is -4.19. The fourth-order valence-electron chi connectivity index (χ4n) is 3.80. The smallest absolute Gasteiger partial charge is 0.378 e. The van der Waals surface area contributed by atoms with Crippen LogP contribution >= 0.6 is 0 Å². The molecule has 0 unspecified atom stereocenters. The highest BCUT2D eigenvalue weighted by atomic mass is 16.5. The average molecular weight is 487 g/mol. The number of ether oxygens (including phenoxy) is 1. The van der Waals surface area contributed by atoms with Crippen molar-refractivity contribution in [1.82, 2.24) is 15.0 Å². The molecule has 0 spiro atoms. The number of benzene rings is 1. The van der Waals surface area contributed by atoms with E-state index in [0.29, 0.717) is 37.7 Å². The first-order valence-corrected chi connectivity index (χ1v) is 11.3. The second-order valence-electron chi connectivity index (χ2n) is 8.21. The van der Waals surface area contributed by atoms with E-state index in [2.05, 4.69) is 29.8 Å². The van der Waals surface area contributed by atoms with Gasteiger partial charge in [-0.1, -0.05) is 12.1 Å². The minimum atomic E-state index is -0.567. The molecule has 36 heavy (non-hydrogen) atoms. The lowest BCUT2D eigenvalue weighted by Gasteiger charge is -2.30. The summed E-state index contributed by atoms with van der Waals surface area (Å²) < 4.78 is 9.74. The highest BCUT2D eigenvalue weighted by Gasteiger charge is 2.21. The first kappa shape index (κ1) is 24.9. The molecule has 4 rings (SSSR count). The van der Waals surface area contributed by atoms with Gasteiger partial charge in [0.1, 0.15) is 6.04 Å². The number of nitrogens with one attached hydrogen (secondary N) is 1. The second kappa shape index (κ2) is 11.0. The number of nitrogen functional groups attached to an aromatic ring is 1. The Morgan fingerprint density at radius 1 is 1.19 bits per heavy atom. The third-order valence-corrected chi connectivity index (χ3v) is 6.02. The van der Waals surface area contributed by atoms with Gasteiger partial charge in [-0.15, -0.1) is 0 Å². The molecule has 11 nitrogen and oxygen atoms in total. The molecule has 184 valence electrons. The number of pyridine rings is 1. The van der Waals surface area contributed by atoms with E-state index < -0.39 is 17.9 Å². The molecular formula is C24H26BN7O4. The summed E-state index contributed by atoms with van der Waals surface area (Å²) in [6.45, 7) is 4.33. The zero-order valence-electron chi connectivity index (χ0n) is 20.0. The molecule has 2 radical (unpaired) electrons. The van der Waals surface area contributed by atoms with Crippen molar-refractivity contribution in [2.24, 2.45) is 0 Å². The number of rotatable bonds is 7. The molecule has 0 aliphatic carbocycles. The van der Waals surface area contributed by atoms with Gasteiger partial charge in [-0.3, -0.25) is 14.6 Å². The first-order chi connectivity index (χ1) is 17.4. The van der Waals surface area contributed by atoms with E-state index in [-0.39, 0.29) is 11.5 Å². The maximum atomic E-state index is 13.1. The molecule has 1 fully saturated rings. The van der Waals surface area contributed by atoms with Gasteiger partial charge in [0.15, 0.2) is 11.5 Å². The Balaban J connectivity index is 1.54. The highest BCUT2D eigenvalue weighted by molar-refractivity contribution is 6.07. The zero-order valence-corrected chi connectivity index (χ0v) is 20.0. The summed E-state index contributed by atoms with van der Waals surface area (Å²) in [6.07, 6.45) is 4.77. The van der Waals surface area contributed by atoms with Crippen molar-refractivity contribution >= 4 is 42.8 Å². The molecule has 3 aromatic rings. The van der Waals surface area contributed by atoms with Crippen molar-refractivity contribution in [2.45, 2.75) is 13.0 Å². The summed E-state index contributed by atoms with van der Waals surface area (Å²) in [5.74, 6) is -1.03. The topological polar surface area (TPSA) is 136 Å². The van der Waals surface area contributed by atoms with Crippen LogP contribution < -0.4 is 20.9 Å². The molecule has 3 heterocycles. The van der Waals surface area contributed by atoms with Crippen LogP contribution in [0.2, 0.25) is 0 Å². The van der Waals surface area contributed by atoms with Gasteiger partial charge in [0.05, 0.1) is 42.7 Å². The van der Waals surface area contributed by atoms with Crippen molar-refractivity contribution in [2.75, 3.05) is 54.2 Å². The van der Waals surface area contributed by atoms with Gasteiger partial charge in [0.25, 0.3) is 5.91 Å². The second-order valence-corrected chi connectivity index (χ2v) is 8.21. The summed E-state index contributed by atoms with van der Waals surface area (Å²) in [6, 6.07) is 8.54. The number of nitrogens with two attached hydrogens (primary N) is 1. The lowest BCUT2D eigenvalue weighted by Crippen LogP contribution is -2.36. The molecule has 1 saturated heterocycles. The van der Waals surface area contributed by atoms with Crippen LogP contribution in [0, 0.1) is 0 Å². The molecule has 0 saturated carbocycles. The minimum Gasteiger partial charge on any atom is -0.542 e. The van der Waals surface area contributed by atoms with Crippen LogP contribution in [0.3, 0.4) is 0 Å². The zero-order chi connectivity index (χ0) is 25.7. The van der Waals surface area contributed by atoms with Crippen LogP contribution in [0.15, 0.2) is 48.9 Å². The van der Waals surface area contributed by atoms with E-state index >= 15 is 0 Å². The first-order valence-electron chi connectivity index (χ1n) is 11.3. The minimum absolute atomic E-state index is 0.00443. The molecule has 1 aliphatic heterocycles. The summed E-state index contributed by atoms with van der Waals surface area (Å²) >= 11 is 0. The van der Waals surface area contributed by atoms with Crippen LogP contribution in [0.4, 0.5) is 22.9 Å². The largest absolute Gasteiger partial charge is 0.542 e. The SMILES string of the molecule is [B]OC(=O)[C@H](C)N(C)c1ccc(-c2cnc(N)c(C(=O)Nc3cnccc3N3CCOCC3)n2)cc1. The monoisotopic (exact) mass is 487 g/mol. The lowest BCUT2D eigenvalue weighted by molar-refractivity contribution is -0.135. The van der Waals surface area contributed by atoms with Crippen molar-refractivity contribution in [1.29, 1.82) is 0 Å². The average Bonchev–Trinajstić information content (AvgIpc) is 2.93. The number of morpholine rings is 1. The Morgan fingerprint density at radius 3 is 2.61 bits per heavy atom. The number of carbonyl (C=O) groups is 2. The third-order valence-electron chi connectivity index (χ3n) is 6.02. The normalized spacial score (nSPS) is 14.1. The molecule has 1 amide bonds. The summed E-state index contributed by atoms with van der Waals surface area (Å²) in [7, 11) is 6.74. The fraction of sp³-hybridized carbons (Fsp3) is 0.292. The molecule has 3 N–H and O–H groups in total. The van der Waals surface area contributed by atoms with Crippen molar-refractivity contribution < 1.29 is 19.0 Å². The van der Waals surface area contributed by atoms with Gasteiger partial charge in [-0.2, -0.15) is 0 Å². The summed E-state index contributed by atoms with van der Waals surface area (Å²) in [5.41, 5.74) is 9.36. The van der Waals surface area contributed by atoms with Gasteiger partial charge in [0.2, 0.25) is 0 Å². The Kier molecular flexibility index (Phi) is 7.64. The lowest BCUT2D eigenvalue weighted by atomic mass is 10.1. The van der Waals surface area contributed by atoms with Crippen molar-refractivity contribution in [3.8, 4) is 11.3 Å². The van der Waals surface area contributed by atoms with Gasteiger partial charge in [0, 0.05) is 37.6 Å². The Bertz CT molecular complexity index is 1240. The maximum Gasteiger partial charge on any atom is 0.378 e. The van der Waals surface area contributed by atoms with Crippen LogP contribution in [0.1, 0.15) is 17.4 Å². The Labute approximate surface area is 210 Å². The summed E-state index contributed by atoms with van der Waals surface area (Å²) in [5, 5.41) is 2.87. The van der Waals surface area contributed by atoms with Gasteiger partial charge in [-0.25, -0.2) is 9.97 Å². The molecule has 1 aromatic carbocycles. The summed E-state index contributed by atoms with van der Waals surface area (Å²) in [4.78, 5) is 41.5. The van der Waals surface area contributed by atoms with Crippen molar-refractivity contribution in [3.05, 3.63) is 54.6 Å².